The molecule has 0 bridgehead atoms. The van der Waals surface area contributed by atoms with Gasteiger partial charge in [-0.1, -0.05) is 0 Å². The van der Waals surface area contributed by atoms with Crippen LogP contribution in [0.15, 0.2) is 17.4 Å². The van der Waals surface area contributed by atoms with Gasteiger partial charge in [0.05, 0.1) is 6.54 Å². The molecule has 1 saturated heterocycles. The first-order chi connectivity index (χ1) is 13.1. The maximum Gasteiger partial charge on any atom is 0.233 e. The number of imidazole rings is 1. The molecular weight excluding hydrogens is 469 g/mol. The molecule has 2 rings (SSSR count). The molecule has 160 valence electrons. The highest BCUT2D eigenvalue weighted by molar-refractivity contribution is 14.0. The van der Waals surface area contributed by atoms with Crippen molar-refractivity contribution in [2.75, 3.05) is 39.8 Å². The number of likely N-dealkylation sites (tertiary alicyclic amines) is 1. The molecule has 0 radical (unpaired) electrons. The third-order valence-electron chi connectivity index (χ3n) is 4.92. The van der Waals surface area contributed by atoms with E-state index in [4.69, 9.17) is 4.99 Å². The van der Waals surface area contributed by atoms with Gasteiger partial charge in [0.1, 0.15) is 5.82 Å². The fourth-order valence-electron chi connectivity index (χ4n) is 3.26. The van der Waals surface area contributed by atoms with Gasteiger partial charge in [-0.05, 0) is 39.5 Å². The van der Waals surface area contributed by atoms with E-state index in [1.807, 2.05) is 19.3 Å². The second-order valence-corrected chi connectivity index (χ2v) is 7.00. The van der Waals surface area contributed by atoms with Crippen LogP contribution in [0.1, 0.15) is 38.4 Å². The first kappa shape index (κ1) is 24.7. The third kappa shape index (κ3) is 8.76. The van der Waals surface area contributed by atoms with E-state index < -0.39 is 0 Å². The Labute approximate surface area is 186 Å². The highest BCUT2D eigenvalue weighted by Gasteiger charge is 2.21. The number of aromatic nitrogens is 2. The number of unbranched alkanes of at least 4 members (excludes halogenated alkanes) is 1. The molecule has 0 aliphatic carbocycles. The summed E-state index contributed by atoms with van der Waals surface area (Å²) in [5, 5.41) is 9.58. The molecule has 1 amide bonds. The minimum Gasteiger partial charge on any atom is -0.358 e. The quantitative estimate of drug-likeness (QED) is 0.204. The van der Waals surface area contributed by atoms with Gasteiger partial charge in [0.15, 0.2) is 5.96 Å². The Hall–Kier alpha value is -1.36. The fraction of sp³-hybridized carbons (Fsp3) is 0.737. The molecule has 0 spiro atoms. The number of nitrogens with zero attached hydrogens (tertiary/aromatic N) is 4. The Kier molecular flexibility index (Phi) is 12.1. The van der Waals surface area contributed by atoms with Crippen molar-refractivity contribution in [3.05, 3.63) is 18.2 Å². The zero-order chi connectivity index (χ0) is 19.5. The van der Waals surface area contributed by atoms with E-state index in [0.717, 1.165) is 70.2 Å². The molecule has 0 aromatic carbocycles. The average molecular weight is 505 g/mol. The Balaban J connectivity index is 0.00000392. The highest BCUT2D eigenvalue weighted by Crippen LogP contribution is 2.10. The molecule has 0 saturated carbocycles. The number of piperidine rings is 1. The monoisotopic (exact) mass is 505 g/mol. The number of likely N-dealkylation sites (N-methyl/N-ethyl adjacent to an activating group) is 1. The SMILES string of the molecule is CCNC(=NCCCCn1ccnc1C)NC1CCN(CC(=O)NC)CC1.I. The van der Waals surface area contributed by atoms with Crippen molar-refractivity contribution >= 4 is 35.8 Å². The van der Waals surface area contributed by atoms with Crippen LogP contribution in [0.4, 0.5) is 0 Å². The van der Waals surface area contributed by atoms with Crippen LogP contribution in [0.25, 0.3) is 0 Å². The summed E-state index contributed by atoms with van der Waals surface area (Å²) in [5.74, 6) is 2.06. The molecular formula is C19H36IN7O. The number of guanidine groups is 1. The summed E-state index contributed by atoms with van der Waals surface area (Å²) in [6.07, 6.45) is 8.08. The standard InChI is InChI=1S/C19H35N7O.HI/c1-4-21-19(23-9-5-6-11-26-14-10-22-16(26)2)24-17-7-12-25(13-8-17)15-18(27)20-3;/h10,14,17H,4-9,11-13,15H2,1-3H3,(H,20,27)(H2,21,23,24);1H. The lowest BCUT2D eigenvalue weighted by Gasteiger charge is -2.32. The van der Waals surface area contributed by atoms with Crippen LogP contribution < -0.4 is 16.0 Å². The number of amides is 1. The van der Waals surface area contributed by atoms with Gasteiger partial charge in [-0.2, -0.15) is 0 Å². The molecule has 8 nitrogen and oxygen atoms in total. The molecule has 0 unspecified atom stereocenters. The first-order valence-corrected chi connectivity index (χ1v) is 10.1. The van der Waals surface area contributed by atoms with Crippen LogP contribution in [0.5, 0.6) is 0 Å². The number of halogens is 1. The van der Waals surface area contributed by atoms with Crippen molar-refractivity contribution in [3.8, 4) is 0 Å². The predicted molar refractivity (Wildman–Crippen MR) is 124 cm³/mol. The summed E-state index contributed by atoms with van der Waals surface area (Å²) in [6, 6.07) is 0.414. The zero-order valence-corrected chi connectivity index (χ0v) is 19.7. The minimum absolute atomic E-state index is 0. The Bertz CT molecular complexity index is 597. The maximum atomic E-state index is 11.5. The topological polar surface area (TPSA) is 86.6 Å². The molecule has 1 aromatic heterocycles. The second kappa shape index (κ2) is 13.8. The van der Waals surface area contributed by atoms with Crippen molar-refractivity contribution in [1.29, 1.82) is 0 Å². The van der Waals surface area contributed by atoms with Crippen molar-refractivity contribution < 1.29 is 4.79 Å². The lowest BCUT2D eigenvalue weighted by molar-refractivity contribution is -0.122. The van der Waals surface area contributed by atoms with Crippen molar-refractivity contribution in [3.63, 3.8) is 0 Å². The van der Waals surface area contributed by atoms with E-state index in [0.29, 0.717) is 12.6 Å². The molecule has 3 N–H and O–H groups in total. The maximum absolute atomic E-state index is 11.5. The normalized spacial score (nSPS) is 15.8. The lowest BCUT2D eigenvalue weighted by Crippen LogP contribution is -2.50. The molecule has 1 aliphatic rings. The van der Waals surface area contributed by atoms with Crippen molar-refractivity contribution in [1.82, 2.24) is 30.4 Å². The number of nitrogens with one attached hydrogen (secondary N) is 3. The largest absolute Gasteiger partial charge is 0.358 e. The van der Waals surface area contributed by atoms with E-state index in [-0.39, 0.29) is 29.9 Å². The number of hydrogen-bond acceptors (Lipinski definition) is 4. The predicted octanol–water partition coefficient (Wildman–Crippen LogP) is 1.36. The average Bonchev–Trinajstić information content (AvgIpc) is 3.08. The van der Waals surface area contributed by atoms with E-state index in [2.05, 4.69) is 37.3 Å². The summed E-state index contributed by atoms with van der Waals surface area (Å²) in [7, 11) is 1.69. The molecule has 1 aromatic rings. The van der Waals surface area contributed by atoms with E-state index in [1.54, 1.807) is 7.05 Å². The summed E-state index contributed by atoms with van der Waals surface area (Å²) in [6.45, 7) is 9.16. The van der Waals surface area contributed by atoms with Crippen LogP contribution >= 0.6 is 24.0 Å². The lowest BCUT2D eigenvalue weighted by atomic mass is 10.1. The van der Waals surface area contributed by atoms with Crippen LogP contribution in [0.3, 0.4) is 0 Å². The van der Waals surface area contributed by atoms with Crippen molar-refractivity contribution in [2.45, 2.75) is 52.1 Å². The third-order valence-corrected chi connectivity index (χ3v) is 4.92. The van der Waals surface area contributed by atoms with Crippen LogP contribution in [-0.4, -0.2) is 72.1 Å². The van der Waals surface area contributed by atoms with E-state index in [1.165, 1.54) is 0 Å². The minimum atomic E-state index is 0. The molecule has 1 aliphatic heterocycles. The van der Waals surface area contributed by atoms with Gasteiger partial charge < -0.3 is 20.5 Å². The number of carbonyl (C=O) groups excluding carboxylic acids is 1. The van der Waals surface area contributed by atoms with Crippen molar-refractivity contribution in [2.24, 2.45) is 4.99 Å². The Morgan fingerprint density at radius 1 is 1.32 bits per heavy atom. The van der Waals surface area contributed by atoms with Crippen LogP contribution in [-0.2, 0) is 11.3 Å². The van der Waals surface area contributed by atoms with Gasteiger partial charge in [0, 0.05) is 58.2 Å². The van der Waals surface area contributed by atoms with Gasteiger partial charge in [-0.15, -0.1) is 24.0 Å². The molecule has 2 heterocycles. The van der Waals surface area contributed by atoms with Gasteiger partial charge in [-0.25, -0.2) is 4.98 Å². The van der Waals surface area contributed by atoms with Gasteiger partial charge in [-0.3, -0.25) is 14.7 Å². The highest BCUT2D eigenvalue weighted by atomic mass is 127. The summed E-state index contributed by atoms with van der Waals surface area (Å²) in [5.41, 5.74) is 0. The van der Waals surface area contributed by atoms with Crippen LogP contribution in [0, 0.1) is 6.92 Å². The number of aryl methyl sites for hydroxylation is 2. The number of hydrogen-bond donors (Lipinski definition) is 3. The van der Waals surface area contributed by atoms with Gasteiger partial charge in [0.25, 0.3) is 0 Å². The molecule has 28 heavy (non-hydrogen) atoms. The number of carbonyl (C=O) groups is 1. The second-order valence-electron chi connectivity index (χ2n) is 7.00. The Morgan fingerprint density at radius 3 is 2.68 bits per heavy atom. The fourth-order valence-corrected chi connectivity index (χ4v) is 3.26. The summed E-state index contributed by atoms with van der Waals surface area (Å²) >= 11 is 0. The zero-order valence-electron chi connectivity index (χ0n) is 17.4. The molecule has 0 atom stereocenters. The summed E-state index contributed by atoms with van der Waals surface area (Å²) < 4.78 is 2.18. The summed E-state index contributed by atoms with van der Waals surface area (Å²) in [4.78, 5) is 22.7. The van der Waals surface area contributed by atoms with E-state index >= 15 is 0 Å². The Morgan fingerprint density at radius 2 is 2.07 bits per heavy atom. The number of aliphatic imine (C=N–C) groups is 1. The van der Waals surface area contributed by atoms with Crippen LogP contribution in [0.2, 0.25) is 0 Å². The molecule has 9 heteroatoms. The number of rotatable bonds is 9. The van der Waals surface area contributed by atoms with Gasteiger partial charge >= 0.3 is 0 Å². The van der Waals surface area contributed by atoms with E-state index in [9.17, 15) is 4.79 Å². The first-order valence-electron chi connectivity index (χ1n) is 10.1. The molecule has 1 fully saturated rings. The van der Waals surface area contributed by atoms with Gasteiger partial charge in [0.2, 0.25) is 5.91 Å². The smallest absolute Gasteiger partial charge is 0.233 e.